The topological polar surface area (TPSA) is 87.0 Å². The van der Waals surface area contributed by atoms with Crippen LogP contribution in [0.1, 0.15) is 10.4 Å². The number of ether oxygens (including phenoxy) is 3. The maximum Gasteiger partial charge on any atom is 0.258 e. The molecule has 32 heavy (non-hydrogen) atoms. The molecule has 4 aromatic rings. The zero-order valence-electron chi connectivity index (χ0n) is 17.8. The van der Waals surface area contributed by atoms with E-state index in [2.05, 4.69) is 5.32 Å². The molecule has 7 nitrogen and oxygen atoms in total. The minimum absolute atomic E-state index is 0.0543. The number of methoxy groups -OCH3 is 3. The van der Waals surface area contributed by atoms with E-state index in [1.807, 2.05) is 0 Å². The first-order valence-corrected chi connectivity index (χ1v) is 9.79. The second kappa shape index (κ2) is 8.85. The van der Waals surface area contributed by atoms with Crippen LogP contribution in [-0.2, 0) is 0 Å². The van der Waals surface area contributed by atoms with E-state index in [0.29, 0.717) is 39.3 Å². The smallest absolute Gasteiger partial charge is 0.258 e. The second-order valence-electron chi connectivity index (χ2n) is 6.88. The Morgan fingerprint density at radius 1 is 0.844 bits per heavy atom. The third-order valence-corrected chi connectivity index (χ3v) is 5.05. The van der Waals surface area contributed by atoms with Crippen molar-refractivity contribution in [2.75, 3.05) is 26.6 Å². The van der Waals surface area contributed by atoms with E-state index >= 15 is 0 Å². The summed E-state index contributed by atoms with van der Waals surface area (Å²) in [5.74, 6) is 1.16. The van der Waals surface area contributed by atoms with Gasteiger partial charge in [0.1, 0.15) is 11.3 Å². The van der Waals surface area contributed by atoms with Gasteiger partial charge >= 0.3 is 0 Å². The number of benzene rings is 3. The summed E-state index contributed by atoms with van der Waals surface area (Å²) in [4.78, 5) is 26.4. The van der Waals surface area contributed by atoms with E-state index in [1.54, 1.807) is 73.8 Å². The van der Waals surface area contributed by atoms with Crippen LogP contribution in [0.15, 0.2) is 75.9 Å². The monoisotopic (exact) mass is 431 g/mol. The molecule has 0 aliphatic carbocycles. The summed E-state index contributed by atoms with van der Waals surface area (Å²) in [6.45, 7) is 0. The Hall–Kier alpha value is -4.26. The molecule has 1 N–H and O–H groups in total. The molecule has 0 spiro atoms. The van der Waals surface area contributed by atoms with Gasteiger partial charge in [-0.15, -0.1) is 0 Å². The van der Waals surface area contributed by atoms with Crippen LogP contribution in [0.25, 0.3) is 22.1 Å². The van der Waals surface area contributed by atoms with Crippen molar-refractivity contribution in [3.8, 4) is 28.4 Å². The van der Waals surface area contributed by atoms with Gasteiger partial charge < -0.3 is 18.6 Å². The van der Waals surface area contributed by atoms with Gasteiger partial charge in [-0.2, -0.15) is 0 Å². The second-order valence-corrected chi connectivity index (χ2v) is 6.88. The lowest BCUT2D eigenvalue weighted by molar-refractivity contribution is 0.102. The Labute approximate surface area is 184 Å². The molecule has 4 rings (SSSR count). The van der Waals surface area contributed by atoms with Crippen LogP contribution < -0.4 is 25.0 Å². The molecule has 0 bridgehead atoms. The van der Waals surface area contributed by atoms with Crippen molar-refractivity contribution in [2.24, 2.45) is 0 Å². The highest BCUT2D eigenvalue weighted by atomic mass is 16.5. The molecule has 0 aliphatic rings. The van der Waals surface area contributed by atoms with E-state index in [-0.39, 0.29) is 16.9 Å². The Bertz CT molecular complexity index is 1340. The van der Waals surface area contributed by atoms with E-state index in [4.69, 9.17) is 18.6 Å². The third-order valence-electron chi connectivity index (χ3n) is 5.05. The van der Waals surface area contributed by atoms with Crippen molar-refractivity contribution in [3.05, 3.63) is 82.5 Å². The van der Waals surface area contributed by atoms with Crippen molar-refractivity contribution in [1.82, 2.24) is 0 Å². The normalized spacial score (nSPS) is 10.6. The van der Waals surface area contributed by atoms with Gasteiger partial charge in [0.2, 0.25) is 11.3 Å². The molecule has 3 aromatic carbocycles. The first kappa shape index (κ1) is 21.0. The molecule has 1 amide bonds. The highest BCUT2D eigenvalue weighted by molar-refractivity contribution is 6.06. The lowest BCUT2D eigenvalue weighted by Gasteiger charge is -2.13. The number of hydrogen-bond acceptors (Lipinski definition) is 6. The fraction of sp³-hybridized carbons (Fsp3) is 0.120. The molecular weight excluding hydrogens is 410 g/mol. The number of rotatable bonds is 6. The van der Waals surface area contributed by atoms with Crippen molar-refractivity contribution >= 4 is 22.8 Å². The van der Waals surface area contributed by atoms with Crippen LogP contribution in [-0.4, -0.2) is 27.2 Å². The Morgan fingerprint density at radius 2 is 1.56 bits per heavy atom. The minimum atomic E-state index is -0.459. The number of amides is 1. The van der Waals surface area contributed by atoms with Crippen LogP contribution in [0.5, 0.6) is 17.2 Å². The van der Waals surface area contributed by atoms with Gasteiger partial charge in [-0.25, -0.2) is 0 Å². The molecular formula is C25H21NO6. The number of para-hydroxylation sites is 1. The lowest BCUT2D eigenvalue weighted by Crippen LogP contribution is -2.16. The Balaban J connectivity index is 1.82. The molecule has 0 atom stereocenters. The van der Waals surface area contributed by atoms with Crippen molar-refractivity contribution in [1.29, 1.82) is 0 Å². The summed E-state index contributed by atoms with van der Waals surface area (Å²) in [5.41, 5.74) is 1.28. The van der Waals surface area contributed by atoms with E-state index in [0.717, 1.165) is 0 Å². The van der Waals surface area contributed by atoms with Gasteiger partial charge in [-0.05, 0) is 48.0 Å². The predicted molar refractivity (Wildman–Crippen MR) is 122 cm³/mol. The molecule has 0 radical (unpaired) electrons. The van der Waals surface area contributed by atoms with Crippen molar-refractivity contribution in [2.45, 2.75) is 0 Å². The van der Waals surface area contributed by atoms with Gasteiger partial charge in [-0.3, -0.25) is 14.9 Å². The quantitative estimate of drug-likeness (QED) is 0.475. The Morgan fingerprint density at radius 3 is 2.25 bits per heavy atom. The highest BCUT2D eigenvalue weighted by Gasteiger charge is 2.20. The minimum Gasteiger partial charge on any atom is -0.497 e. The summed E-state index contributed by atoms with van der Waals surface area (Å²) < 4.78 is 21.7. The third kappa shape index (κ3) is 3.88. The summed E-state index contributed by atoms with van der Waals surface area (Å²) in [7, 11) is 4.57. The summed E-state index contributed by atoms with van der Waals surface area (Å²) in [5, 5.41) is 3.16. The molecule has 0 unspecified atom stereocenters. The van der Waals surface area contributed by atoms with Gasteiger partial charge in [0.05, 0.1) is 32.3 Å². The lowest BCUT2D eigenvalue weighted by atomic mass is 10.0. The van der Waals surface area contributed by atoms with Crippen LogP contribution >= 0.6 is 0 Å². The number of carbonyl (C=O) groups excluding carboxylic acids is 1. The molecule has 1 aromatic heterocycles. The van der Waals surface area contributed by atoms with Crippen LogP contribution in [0, 0.1) is 0 Å². The summed E-state index contributed by atoms with van der Waals surface area (Å²) in [6, 6.07) is 18.6. The summed E-state index contributed by atoms with van der Waals surface area (Å²) >= 11 is 0. The number of nitrogens with one attached hydrogen (secondary N) is 1. The number of anilines is 1. The number of hydrogen-bond donors (Lipinski definition) is 1. The van der Waals surface area contributed by atoms with Crippen LogP contribution in [0.4, 0.5) is 5.88 Å². The maximum atomic E-state index is 13.3. The fourth-order valence-electron chi connectivity index (χ4n) is 3.40. The number of fused-ring (bicyclic) bond motifs is 1. The molecule has 0 fully saturated rings. The highest BCUT2D eigenvalue weighted by Crippen LogP contribution is 2.31. The molecule has 0 saturated heterocycles. The van der Waals surface area contributed by atoms with Gasteiger partial charge in [0.15, 0.2) is 11.5 Å². The molecule has 7 heteroatoms. The zero-order chi connectivity index (χ0) is 22.7. The fourth-order valence-corrected chi connectivity index (χ4v) is 3.40. The zero-order valence-corrected chi connectivity index (χ0v) is 17.8. The Kier molecular flexibility index (Phi) is 5.81. The van der Waals surface area contributed by atoms with Gasteiger partial charge in [0.25, 0.3) is 5.91 Å². The van der Waals surface area contributed by atoms with Crippen LogP contribution in [0.3, 0.4) is 0 Å². The predicted octanol–water partition coefficient (Wildman–Crippen LogP) is 4.74. The van der Waals surface area contributed by atoms with Crippen molar-refractivity contribution in [3.63, 3.8) is 0 Å². The molecule has 0 saturated carbocycles. The van der Waals surface area contributed by atoms with Crippen LogP contribution in [0.2, 0.25) is 0 Å². The van der Waals surface area contributed by atoms with Gasteiger partial charge in [-0.1, -0.05) is 24.3 Å². The standard InChI is InChI=1S/C25H21NO6/c1-29-17-11-8-15(9-12-17)22-23(27)18-6-4-5-7-19(18)32-25(22)26-24(28)16-10-13-20(30-2)21(14-16)31-3/h4-14H,1-3H3,(H,26,28). The summed E-state index contributed by atoms with van der Waals surface area (Å²) in [6.07, 6.45) is 0. The molecule has 1 heterocycles. The maximum absolute atomic E-state index is 13.3. The molecule has 162 valence electrons. The van der Waals surface area contributed by atoms with E-state index in [9.17, 15) is 9.59 Å². The SMILES string of the molecule is COc1ccc(-c2c(NC(=O)c3ccc(OC)c(OC)c3)oc3ccccc3c2=O)cc1. The average molecular weight is 431 g/mol. The van der Waals surface area contributed by atoms with Crippen molar-refractivity contribution < 1.29 is 23.4 Å². The van der Waals surface area contributed by atoms with E-state index in [1.165, 1.54) is 14.2 Å². The molecule has 0 aliphatic heterocycles. The largest absolute Gasteiger partial charge is 0.497 e. The number of carbonyl (C=O) groups is 1. The average Bonchev–Trinajstić information content (AvgIpc) is 2.84. The van der Waals surface area contributed by atoms with Gasteiger partial charge in [0, 0.05) is 5.56 Å². The van der Waals surface area contributed by atoms with E-state index < -0.39 is 5.91 Å². The first-order chi connectivity index (χ1) is 15.5. The first-order valence-electron chi connectivity index (χ1n) is 9.79.